The van der Waals surface area contributed by atoms with Gasteiger partial charge in [0.05, 0.1) is 19.4 Å². The van der Waals surface area contributed by atoms with Crippen molar-refractivity contribution >= 4 is 51.6 Å². The molecule has 6 nitrogen and oxygen atoms in total. The summed E-state index contributed by atoms with van der Waals surface area (Å²) in [5.41, 5.74) is 7.81. The fourth-order valence-electron chi connectivity index (χ4n) is 2.40. The van der Waals surface area contributed by atoms with Crippen LogP contribution in [0, 0.1) is 3.57 Å². The Morgan fingerprint density at radius 1 is 1.35 bits per heavy atom. The van der Waals surface area contributed by atoms with Gasteiger partial charge in [-0.3, -0.25) is 4.90 Å². The molecule has 8 heteroatoms. The number of morpholine rings is 1. The monoisotopic (exact) mass is 445 g/mol. The molecule has 1 aromatic heterocycles. The van der Waals surface area contributed by atoms with E-state index in [4.69, 9.17) is 22.1 Å². The third kappa shape index (κ3) is 4.43. The minimum Gasteiger partial charge on any atom is -0.379 e. The number of nitrogens with zero attached hydrogens (tertiary/aromatic N) is 3. The van der Waals surface area contributed by atoms with Crippen molar-refractivity contribution in [2.75, 3.05) is 37.4 Å². The van der Waals surface area contributed by atoms with Crippen LogP contribution in [0.5, 0.6) is 0 Å². The predicted octanol–water partition coefficient (Wildman–Crippen LogP) is 2.89. The van der Waals surface area contributed by atoms with E-state index >= 15 is 0 Å². The highest BCUT2D eigenvalue weighted by atomic mass is 127. The summed E-state index contributed by atoms with van der Waals surface area (Å²) in [5, 5.41) is 3.73. The molecule has 0 aliphatic carbocycles. The topological polar surface area (TPSA) is 76.3 Å². The van der Waals surface area contributed by atoms with Crippen LogP contribution >= 0.6 is 34.2 Å². The molecule has 1 aliphatic heterocycles. The van der Waals surface area contributed by atoms with Gasteiger partial charge >= 0.3 is 0 Å². The van der Waals surface area contributed by atoms with Crippen molar-refractivity contribution in [1.82, 2.24) is 14.9 Å². The van der Waals surface area contributed by atoms with E-state index in [1.54, 1.807) is 0 Å². The van der Waals surface area contributed by atoms with Gasteiger partial charge in [-0.15, -0.1) is 0 Å². The molecular weight excluding hydrogens is 429 g/mol. The van der Waals surface area contributed by atoms with Gasteiger partial charge in [-0.05, 0) is 40.3 Å². The van der Waals surface area contributed by atoms with Crippen LogP contribution in [0.2, 0.25) is 5.02 Å². The first-order valence-corrected chi connectivity index (χ1v) is 8.71. The summed E-state index contributed by atoms with van der Waals surface area (Å²) in [6, 6.07) is 6.29. The Hall–Kier alpha value is -1.16. The standard InChI is InChI=1S/C15H17ClIN5O/c16-12-8-19-15(18)21-14(12)20-13-7-11(17)2-1-10(13)9-22-3-5-23-6-4-22/h1-2,7-8H,3-6,9H2,(H3,18,19,20,21). The minimum absolute atomic E-state index is 0.192. The first kappa shape index (κ1) is 16.7. The maximum absolute atomic E-state index is 6.16. The molecule has 1 fully saturated rings. The van der Waals surface area contributed by atoms with E-state index in [-0.39, 0.29) is 5.95 Å². The van der Waals surface area contributed by atoms with E-state index in [0.717, 1.165) is 42.1 Å². The molecule has 0 saturated carbocycles. The summed E-state index contributed by atoms with van der Waals surface area (Å²) >= 11 is 8.45. The Bertz CT molecular complexity index is 694. The molecule has 2 heterocycles. The van der Waals surface area contributed by atoms with Gasteiger partial charge in [-0.25, -0.2) is 4.98 Å². The van der Waals surface area contributed by atoms with Crippen LogP contribution in [0.4, 0.5) is 17.5 Å². The summed E-state index contributed by atoms with van der Waals surface area (Å²) in [6.45, 7) is 4.28. The van der Waals surface area contributed by atoms with Crippen molar-refractivity contribution in [1.29, 1.82) is 0 Å². The average molecular weight is 446 g/mol. The number of halogens is 2. The molecule has 3 N–H and O–H groups in total. The van der Waals surface area contributed by atoms with Crippen molar-refractivity contribution in [2.45, 2.75) is 6.54 Å². The molecule has 0 radical (unpaired) electrons. The zero-order valence-electron chi connectivity index (χ0n) is 12.4. The molecule has 1 saturated heterocycles. The SMILES string of the molecule is Nc1ncc(Cl)c(Nc2cc(I)ccc2CN2CCOCC2)n1. The van der Waals surface area contributed by atoms with Crippen molar-refractivity contribution < 1.29 is 4.74 Å². The average Bonchev–Trinajstić information content (AvgIpc) is 2.54. The quantitative estimate of drug-likeness (QED) is 0.705. The van der Waals surface area contributed by atoms with Gasteiger partial charge in [0, 0.05) is 28.9 Å². The molecule has 0 bridgehead atoms. The highest BCUT2D eigenvalue weighted by Crippen LogP contribution is 2.28. The second kappa shape index (κ2) is 7.61. The summed E-state index contributed by atoms with van der Waals surface area (Å²) in [5.74, 6) is 0.710. The molecule has 23 heavy (non-hydrogen) atoms. The Labute approximate surface area is 153 Å². The van der Waals surface area contributed by atoms with Gasteiger partial charge in [-0.2, -0.15) is 4.98 Å². The lowest BCUT2D eigenvalue weighted by Gasteiger charge is -2.27. The zero-order chi connectivity index (χ0) is 16.2. The van der Waals surface area contributed by atoms with Gasteiger partial charge in [0.1, 0.15) is 5.02 Å². The Morgan fingerprint density at radius 3 is 2.91 bits per heavy atom. The first-order valence-electron chi connectivity index (χ1n) is 7.25. The first-order chi connectivity index (χ1) is 11.1. The molecule has 0 spiro atoms. The Morgan fingerprint density at radius 2 is 2.13 bits per heavy atom. The number of hydrogen-bond acceptors (Lipinski definition) is 6. The van der Waals surface area contributed by atoms with Crippen LogP contribution in [0.25, 0.3) is 0 Å². The lowest BCUT2D eigenvalue weighted by atomic mass is 10.1. The molecule has 0 atom stereocenters. The fourth-order valence-corrected chi connectivity index (χ4v) is 3.03. The smallest absolute Gasteiger partial charge is 0.222 e. The number of ether oxygens (including phenoxy) is 1. The highest BCUT2D eigenvalue weighted by Gasteiger charge is 2.14. The number of nitrogens with one attached hydrogen (secondary N) is 1. The zero-order valence-corrected chi connectivity index (χ0v) is 15.3. The third-order valence-electron chi connectivity index (χ3n) is 3.59. The third-order valence-corrected chi connectivity index (χ3v) is 4.53. The van der Waals surface area contributed by atoms with E-state index < -0.39 is 0 Å². The Kier molecular flexibility index (Phi) is 5.52. The van der Waals surface area contributed by atoms with Gasteiger partial charge in [0.25, 0.3) is 0 Å². The van der Waals surface area contributed by atoms with Crippen molar-refractivity contribution in [3.05, 3.63) is 38.6 Å². The van der Waals surface area contributed by atoms with Gasteiger partial charge in [0.15, 0.2) is 5.82 Å². The number of aromatic nitrogens is 2. The van der Waals surface area contributed by atoms with E-state index in [0.29, 0.717) is 10.8 Å². The molecule has 0 unspecified atom stereocenters. The van der Waals surface area contributed by atoms with Crippen LogP contribution in [0.1, 0.15) is 5.56 Å². The molecule has 1 aromatic carbocycles. The number of rotatable bonds is 4. The summed E-state index contributed by atoms with van der Waals surface area (Å²) < 4.78 is 6.54. The number of anilines is 3. The summed E-state index contributed by atoms with van der Waals surface area (Å²) in [7, 11) is 0. The van der Waals surface area contributed by atoms with Crippen LogP contribution in [0.3, 0.4) is 0 Å². The number of benzene rings is 1. The number of hydrogen-bond donors (Lipinski definition) is 2. The summed E-state index contributed by atoms with van der Waals surface area (Å²) in [6.07, 6.45) is 1.50. The number of nitrogens with two attached hydrogens (primary N) is 1. The second-order valence-corrected chi connectivity index (χ2v) is 6.89. The van der Waals surface area contributed by atoms with Crippen molar-refractivity contribution in [3.8, 4) is 0 Å². The molecule has 1 aliphatic rings. The molecule has 122 valence electrons. The fraction of sp³-hybridized carbons (Fsp3) is 0.333. The summed E-state index contributed by atoms with van der Waals surface area (Å²) in [4.78, 5) is 10.4. The molecule has 2 aromatic rings. The van der Waals surface area contributed by atoms with Crippen molar-refractivity contribution in [2.24, 2.45) is 0 Å². The van der Waals surface area contributed by atoms with Crippen LogP contribution in [-0.2, 0) is 11.3 Å². The minimum atomic E-state index is 0.192. The number of nitrogen functional groups attached to an aromatic ring is 1. The van der Waals surface area contributed by atoms with Gasteiger partial charge in [-0.1, -0.05) is 17.7 Å². The largest absolute Gasteiger partial charge is 0.379 e. The maximum atomic E-state index is 6.16. The van der Waals surface area contributed by atoms with Gasteiger partial charge < -0.3 is 15.8 Å². The second-order valence-electron chi connectivity index (χ2n) is 5.24. The van der Waals surface area contributed by atoms with Crippen molar-refractivity contribution in [3.63, 3.8) is 0 Å². The highest BCUT2D eigenvalue weighted by molar-refractivity contribution is 14.1. The Balaban J connectivity index is 1.85. The maximum Gasteiger partial charge on any atom is 0.222 e. The molecule has 3 rings (SSSR count). The predicted molar refractivity (Wildman–Crippen MR) is 100.0 cm³/mol. The van der Waals surface area contributed by atoms with E-state index in [2.05, 4.69) is 61.0 Å². The lowest BCUT2D eigenvalue weighted by Crippen LogP contribution is -2.35. The van der Waals surface area contributed by atoms with Crippen LogP contribution < -0.4 is 11.1 Å². The lowest BCUT2D eigenvalue weighted by molar-refractivity contribution is 0.0343. The normalized spacial score (nSPS) is 15.6. The van der Waals surface area contributed by atoms with Crippen LogP contribution in [0.15, 0.2) is 24.4 Å². The van der Waals surface area contributed by atoms with Crippen LogP contribution in [-0.4, -0.2) is 41.2 Å². The van der Waals surface area contributed by atoms with E-state index in [1.165, 1.54) is 11.8 Å². The molecule has 0 amide bonds. The van der Waals surface area contributed by atoms with E-state index in [1.807, 2.05) is 0 Å². The molecular formula is C15H17ClIN5O. The van der Waals surface area contributed by atoms with E-state index in [9.17, 15) is 0 Å². The van der Waals surface area contributed by atoms with Gasteiger partial charge in [0.2, 0.25) is 5.95 Å².